The number of hydrogen-bond acceptors (Lipinski definition) is 3. The van der Waals surface area contributed by atoms with Crippen molar-refractivity contribution >= 4 is 17.7 Å². The smallest absolute Gasteiger partial charge is 0.416 e. The number of carbonyl (C=O) groups excluding carboxylic acids is 2. The SMILES string of the molecule is CC(C)OC(=O)N1c2ccc(C(F)(F)F)cc2[C@@H]([C@@H](C(N)=O)c2cc(C(F)(F)F)cc(C(F)(F)F)c2)C[C@H]1C. The van der Waals surface area contributed by atoms with Crippen molar-refractivity contribution < 1.29 is 53.8 Å². The summed E-state index contributed by atoms with van der Waals surface area (Å²) in [6, 6.07) is 1.83. The first-order valence-corrected chi connectivity index (χ1v) is 11.5. The lowest BCUT2D eigenvalue weighted by molar-refractivity contribution is -0.143. The minimum Gasteiger partial charge on any atom is -0.446 e. The lowest BCUT2D eigenvalue weighted by Crippen LogP contribution is -2.46. The van der Waals surface area contributed by atoms with Crippen LogP contribution in [0.5, 0.6) is 0 Å². The van der Waals surface area contributed by atoms with E-state index in [-0.39, 0.29) is 23.7 Å². The Kier molecular flexibility index (Phi) is 7.92. The molecule has 3 rings (SSSR count). The van der Waals surface area contributed by atoms with Gasteiger partial charge in [-0.25, -0.2) is 4.79 Å². The highest BCUT2D eigenvalue weighted by atomic mass is 19.4. The van der Waals surface area contributed by atoms with Crippen LogP contribution in [-0.2, 0) is 28.1 Å². The number of ether oxygens (including phenoxy) is 1. The maximum absolute atomic E-state index is 13.6. The van der Waals surface area contributed by atoms with Crippen LogP contribution in [0.4, 0.5) is 50.0 Å². The second-order valence-corrected chi connectivity index (χ2v) is 9.48. The van der Waals surface area contributed by atoms with Crippen LogP contribution in [0.25, 0.3) is 0 Å². The van der Waals surface area contributed by atoms with Crippen molar-refractivity contribution in [2.45, 2.75) is 69.7 Å². The third kappa shape index (κ3) is 6.41. The molecule has 1 heterocycles. The van der Waals surface area contributed by atoms with Crippen molar-refractivity contribution in [2.75, 3.05) is 4.90 Å². The zero-order chi connectivity index (χ0) is 29.7. The van der Waals surface area contributed by atoms with Crippen molar-refractivity contribution in [3.05, 3.63) is 64.2 Å². The minimum atomic E-state index is -5.24. The van der Waals surface area contributed by atoms with Gasteiger partial charge in [-0.2, -0.15) is 39.5 Å². The van der Waals surface area contributed by atoms with Crippen molar-refractivity contribution in [2.24, 2.45) is 5.73 Å². The van der Waals surface area contributed by atoms with E-state index in [2.05, 4.69) is 0 Å². The van der Waals surface area contributed by atoms with E-state index in [1.165, 1.54) is 20.8 Å². The Morgan fingerprint density at radius 3 is 1.82 bits per heavy atom. The zero-order valence-corrected chi connectivity index (χ0v) is 20.6. The molecular formula is C25H23F9N2O3. The Bertz CT molecular complexity index is 1220. The van der Waals surface area contributed by atoms with Gasteiger partial charge < -0.3 is 10.5 Å². The molecule has 2 amide bonds. The highest BCUT2D eigenvalue weighted by molar-refractivity contribution is 5.91. The third-order valence-corrected chi connectivity index (χ3v) is 6.26. The standard InChI is InChI=1S/C25H23F9N2O3/c1-11(2)39-22(38)36-12(3)6-18(17-10-14(23(26,27)28)4-5-19(17)36)20(21(35)37)13-7-15(24(29,30)31)9-16(8-13)25(32,33)34/h4-5,7-12,18,20H,6H2,1-3H3,(H2,35,37)/t12-,18+,20+/m1/s1. The molecule has 3 atom stereocenters. The van der Waals surface area contributed by atoms with Crippen molar-refractivity contribution in [3.63, 3.8) is 0 Å². The summed E-state index contributed by atoms with van der Waals surface area (Å²) in [7, 11) is 0. The number of carbonyl (C=O) groups is 2. The molecule has 2 aromatic carbocycles. The number of anilines is 1. The molecule has 2 N–H and O–H groups in total. The Morgan fingerprint density at radius 2 is 1.38 bits per heavy atom. The largest absolute Gasteiger partial charge is 0.446 e. The van der Waals surface area contributed by atoms with Gasteiger partial charge in [-0.15, -0.1) is 0 Å². The molecule has 0 saturated heterocycles. The number of rotatable bonds is 4. The number of benzene rings is 2. The van der Waals surface area contributed by atoms with E-state index in [4.69, 9.17) is 10.5 Å². The van der Waals surface area contributed by atoms with Crippen molar-refractivity contribution in [1.82, 2.24) is 0 Å². The maximum atomic E-state index is 13.6. The van der Waals surface area contributed by atoms with E-state index >= 15 is 0 Å². The fourth-order valence-corrected chi connectivity index (χ4v) is 4.69. The molecular weight excluding hydrogens is 547 g/mol. The maximum Gasteiger partial charge on any atom is 0.416 e. The number of nitrogens with zero attached hydrogens (tertiary/aromatic N) is 1. The fraction of sp³-hybridized carbons (Fsp3) is 0.440. The van der Waals surface area contributed by atoms with E-state index in [9.17, 15) is 49.1 Å². The average Bonchev–Trinajstić information content (AvgIpc) is 2.76. The van der Waals surface area contributed by atoms with Crippen LogP contribution >= 0.6 is 0 Å². The van der Waals surface area contributed by atoms with Gasteiger partial charge in [-0.1, -0.05) is 0 Å². The van der Waals surface area contributed by atoms with E-state index in [1.54, 1.807) is 0 Å². The number of alkyl halides is 9. The van der Waals surface area contributed by atoms with Crippen LogP contribution in [-0.4, -0.2) is 24.1 Å². The minimum absolute atomic E-state index is 0.135. The van der Waals surface area contributed by atoms with E-state index in [0.717, 1.165) is 11.0 Å². The second-order valence-electron chi connectivity index (χ2n) is 9.48. The van der Waals surface area contributed by atoms with Crippen LogP contribution in [0, 0.1) is 0 Å². The molecule has 1 aliphatic rings. The molecule has 0 saturated carbocycles. The van der Waals surface area contributed by atoms with Crippen LogP contribution in [0.15, 0.2) is 36.4 Å². The molecule has 1 aliphatic heterocycles. The van der Waals surface area contributed by atoms with Gasteiger partial charge in [-0.05, 0) is 74.7 Å². The molecule has 5 nitrogen and oxygen atoms in total. The van der Waals surface area contributed by atoms with Crippen molar-refractivity contribution in [3.8, 4) is 0 Å². The number of primary amides is 1. The Morgan fingerprint density at radius 1 is 0.872 bits per heavy atom. The predicted molar refractivity (Wildman–Crippen MR) is 121 cm³/mol. The van der Waals surface area contributed by atoms with Gasteiger partial charge in [0.25, 0.3) is 0 Å². The van der Waals surface area contributed by atoms with Gasteiger partial charge >= 0.3 is 24.6 Å². The number of amides is 2. The summed E-state index contributed by atoms with van der Waals surface area (Å²) in [6.45, 7) is 4.50. The topological polar surface area (TPSA) is 72.6 Å². The molecule has 0 aromatic heterocycles. The molecule has 14 heteroatoms. The first-order valence-electron chi connectivity index (χ1n) is 11.5. The molecule has 39 heavy (non-hydrogen) atoms. The molecule has 0 radical (unpaired) electrons. The van der Waals surface area contributed by atoms with Crippen LogP contribution in [0.2, 0.25) is 0 Å². The average molecular weight is 570 g/mol. The normalized spacial score (nSPS) is 19.1. The number of hydrogen-bond donors (Lipinski definition) is 1. The van der Waals surface area contributed by atoms with Gasteiger partial charge in [0.15, 0.2) is 0 Å². The highest BCUT2D eigenvalue weighted by Gasteiger charge is 2.44. The molecule has 2 aromatic rings. The fourth-order valence-electron chi connectivity index (χ4n) is 4.69. The van der Waals surface area contributed by atoms with Gasteiger partial charge in [0.1, 0.15) is 0 Å². The molecule has 0 bridgehead atoms. The quantitative estimate of drug-likeness (QED) is 0.394. The van der Waals surface area contributed by atoms with Crippen LogP contribution in [0.3, 0.4) is 0 Å². The van der Waals surface area contributed by atoms with Crippen LogP contribution < -0.4 is 10.6 Å². The summed E-state index contributed by atoms with van der Waals surface area (Å²) in [5.74, 6) is -4.68. The number of nitrogens with two attached hydrogens (primary N) is 1. The van der Waals surface area contributed by atoms with Gasteiger partial charge in [-0.3, -0.25) is 9.69 Å². The van der Waals surface area contributed by atoms with Crippen LogP contribution in [0.1, 0.15) is 66.8 Å². The van der Waals surface area contributed by atoms with Crippen molar-refractivity contribution in [1.29, 1.82) is 0 Å². The number of halogens is 9. The summed E-state index contributed by atoms with van der Waals surface area (Å²) in [4.78, 5) is 26.4. The summed E-state index contributed by atoms with van der Waals surface area (Å²) in [5.41, 5.74) is -0.388. The van der Waals surface area contributed by atoms with E-state index < -0.39 is 76.8 Å². The second kappa shape index (κ2) is 10.3. The molecule has 0 fully saturated rings. The third-order valence-electron chi connectivity index (χ3n) is 6.26. The lowest BCUT2D eigenvalue weighted by atomic mass is 9.73. The Hall–Kier alpha value is -3.45. The van der Waals surface area contributed by atoms with E-state index in [0.29, 0.717) is 24.3 Å². The molecule has 0 spiro atoms. The molecule has 214 valence electrons. The lowest BCUT2D eigenvalue weighted by Gasteiger charge is -2.41. The highest BCUT2D eigenvalue weighted by Crippen LogP contribution is 2.49. The summed E-state index contributed by atoms with van der Waals surface area (Å²) >= 11 is 0. The van der Waals surface area contributed by atoms with Gasteiger partial charge in [0, 0.05) is 12.0 Å². The summed E-state index contributed by atoms with van der Waals surface area (Å²) in [6.07, 6.45) is -17.3. The Labute approximate surface area is 216 Å². The predicted octanol–water partition coefficient (Wildman–Crippen LogP) is 7.24. The summed E-state index contributed by atoms with van der Waals surface area (Å²) < 4.78 is 127. The van der Waals surface area contributed by atoms with Gasteiger partial charge in [0.05, 0.1) is 34.4 Å². The zero-order valence-electron chi connectivity index (χ0n) is 20.6. The monoisotopic (exact) mass is 570 g/mol. The molecule has 0 unspecified atom stereocenters. The molecule has 0 aliphatic carbocycles. The first kappa shape index (κ1) is 30.1. The van der Waals surface area contributed by atoms with E-state index in [1.807, 2.05) is 0 Å². The first-order chi connectivity index (χ1) is 17.7. The van der Waals surface area contributed by atoms with Gasteiger partial charge in [0.2, 0.25) is 5.91 Å². The Balaban J connectivity index is 2.29. The summed E-state index contributed by atoms with van der Waals surface area (Å²) in [5, 5.41) is 0. The number of fused-ring (bicyclic) bond motifs is 1.